The number of aryl methyl sites for hydroxylation is 2. The van der Waals surface area contributed by atoms with E-state index in [4.69, 9.17) is 0 Å². The summed E-state index contributed by atoms with van der Waals surface area (Å²) in [6, 6.07) is 55.9. The first-order chi connectivity index (χ1) is 24.9. The Kier molecular flexibility index (Phi) is 20.3. The molecule has 0 saturated carbocycles. The molecule has 0 unspecified atom stereocenters. The van der Waals surface area contributed by atoms with Crippen LogP contribution in [0.3, 0.4) is 0 Å². The zero-order valence-electron chi connectivity index (χ0n) is 31.5. The maximum atomic E-state index is 3.83. The van der Waals surface area contributed by atoms with Crippen LogP contribution in [-0.2, 0) is 6.42 Å². The second kappa shape index (κ2) is 23.7. The number of hydrogen-bond acceptors (Lipinski definition) is 0. The highest BCUT2D eigenvalue weighted by atomic mass is 14.2. The first kappa shape index (κ1) is 45.3. The van der Waals surface area contributed by atoms with Gasteiger partial charge in [0.05, 0.1) is 0 Å². The summed E-state index contributed by atoms with van der Waals surface area (Å²) in [5.41, 5.74) is 12.6. The maximum Gasteiger partial charge on any atom is -0.00263 e. The van der Waals surface area contributed by atoms with Crippen LogP contribution in [0.15, 0.2) is 184 Å². The summed E-state index contributed by atoms with van der Waals surface area (Å²) in [6.07, 6.45) is 1.06. The van der Waals surface area contributed by atoms with Crippen LogP contribution in [0.1, 0.15) is 71.7 Å². The Morgan fingerprint density at radius 2 is 0.811 bits per heavy atom. The molecule has 0 N–H and O–H groups in total. The molecule has 0 heterocycles. The summed E-state index contributed by atoms with van der Waals surface area (Å²) in [5.74, 6) is 0. The average Bonchev–Trinajstić information content (AvgIpc) is 3.19. The van der Waals surface area contributed by atoms with Crippen molar-refractivity contribution in [1.82, 2.24) is 0 Å². The van der Waals surface area contributed by atoms with Crippen LogP contribution in [0.25, 0.3) is 54.9 Å². The highest BCUT2D eigenvalue weighted by Gasteiger charge is 2.16. The molecule has 53 heavy (non-hydrogen) atoms. The Balaban J connectivity index is 0.000000483. The van der Waals surface area contributed by atoms with Gasteiger partial charge in [-0.15, -0.1) is 13.2 Å². The smallest absolute Gasteiger partial charge is 0.00263 e. The first-order valence-corrected chi connectivity index (χ1v) is 17.9. The molecule has 0 radical (unpaired) electrons. The van der Waals surface area contributed by atoms with E-state index in [-0.39, 0.29) is 14.9 Å². The normalized spacial score (nSPS) is 9.40. The molecule has 0 aromatic heterocycles. The van der Waals surface area contributed by atoms with E-state index in [1.54, 1.807) is 0 Å². The third-order valence-corrected chi connectivity index (χ3v) is 8.42. The third-order valence-electron chi connectivity index (χ3n) is 8.42. The van der Waals surface area contributed by atoms with E-state index in [1.165, 1.54) is 66.1 Å². The molecular formula is C53H62. The van der Waals surface area contributed by atoms with Crippen LogP contribution < -0.4 is 0 Å². The van der Waals surface area contributed by atoms with Crippen molar-refractivity contribution in [2.45, 2.75) is 62.8 Å². The summed E-state index contributed by atoms with van der Waals surface area (Å²) in [6.45, 7) is 26.0. The van der Waals surface area contributed by atoms with E-state index < -0.39 is 0 Å². The second-order valence-corrected chi connectivity index (χ2v) is 12.1. The number of allylic oxidation sites excluding steroid dienone is 2. The van der Waals surface area contributed by atoms with E-state index in [9.17, 15) is 0 Å². The number of rotatable bonds is 5. The van der Waals surface area contributed by atoms with Crippen LogP contribution in [0, 0.1) is 6.92 Å². The van der Waals surface area contributed by atoms with Gasteiger partial charge in [0.15, 0.2) is 0 Å². The van der Waals surface area contributed by atoms with Gasteiger partial charge in [-0.2, -0.15) is 0 Å². The molecule has 7 aromatic rings. The summed E-state index contributed by atoms with van der Waals surface area (Å²) in [4.78, 5) is 0. The van der Waals surface area contributed by atoms with E-state index in [1.807, 2.05) is 64.1 Å². The lowest BCUT2D eigenvalue weighted by atomic mass is 9.85. The zero-order valence-corrected chi connectivity index (χ0v) is 31.5. The van der Waals surface area contributed by atoms with Gasteiger partial charge in [-0.3, -0.25) is 0 Å². The Morgan fingerprint density at radius 3 is 1.13 bits per heavy atom. The van der Waals surface area contributed by atoms with Crippen molar-refractivity contribution in [3.8, 4) is 22.3 Å². The van der Waals surface area contributed by atoms with Gasteiger partial charge in [0, 0.05) is 0 Å². The molecule has 0 saturated heterocycles. The molecule has 0 fully saturated rings. The largest absolute Gasteiger partial charge is 0.106 e. The van der Waals surface area contributed by atoms with Crippen molar-refractivity contribution in [3.63, 3.8) is 0 Å². The Morgan fingerprint density at radius 1 is 0.453 bits per heavy atom. The fourth-order valence-corrected chi connectivity index (χ4v) is 5.90. The molecular weight excluding hydrogens is 637 g/mol. The monoisotopic (exact) mass is 698 g/mol. The second-order valence-electron chi connectivity index (χ2n) is 12.1. The van der Waals surface area contributed by atoms with Crippen LogP contribution in [0.2, 0.25) is 0 Å². The highest BCUT2D eigenvalue weighted by Crippen LogP contribution is 2.43. The third kappa shape index (κ3) is 12.2. The Labute approximate surface area is 322 Å². The van der Waals surface area contributed by atoms with Crippen molar-refractivity contribution in [1.29, 1.82) is 0 Å². The van der Waals surface area contributed by atoms with Crippen molar-refractivity contribution < 1.29 is 0 Å². The molecule has 0 amide bonds. The minimum absolute atomic E-state index is 0. The standard InChI is InChI=1S/C29H24.2C9H10.C2H6.C2H4.2CH4/c1-3-21-15-17-22(18-16-21)28-24-11-4-6-13-26(24)29(23-10-8-9-20(2)19-23)27-14-7-5-12-25(27)28;2*1-8(2)9-6-4-3-5-7-9;2*1-2;;/h4-19H,3H2,1-2H3;2*3-7H,1H2,2H3;1-2H3;1-2H2;2*1H4. The average molecular weight is 699 g/mol. The van der Waals surface area contributed by atoms with Gasteiger partial charge in [0.1, 0.15) is 0 Å². The Hall–Kier alpha value is -5.72. The zero-order chi connectivity index (χ0) is 37.2. The van der Waals surface area contributed by atoms with Crippen molar-refractivity contribution in [2.24, 2.45) is 0 Å². The number of fused-ring (bicyclic) bond motifs is 2. The van der Waals surface area contributed by atoms with Crippen molar-refractivity contribution in [2.75, 3.05) is 0 Å². The molecule has 274 valence electrons. The maximum absolute atomic E-state index is 3.83. The summed E-state index contributed by atoms with van der Waals surface area (Å²) in [7, 11) is 0. The molecule has 0 atom stereocenters. The van der Waals surface area contributed by atoms with E-state index in [2.05, 4.69) is 161 Å². The highest BCUT2D eigenvalue weighted by molar-refractivity contribution is 6.21. The minimum Gasteiger partial charge on any atom is -0.106 e. The van der Waals surface area contributed by atoms with Crippen molar-refractivity contribution >= 4 is 32.7 Å². The molecule has 0 nitrogen and oxygen atoms in total. The van der Waals surface area contributed by atoms with Gasteiger partial charge < -0.3 is 0 Å². The minimum atomic E-state index is 0. The number of benzene rings is 7. The molecule has 0 aliphatic heterocycles. The van der Waals surface area contributed by atoms with Crippen LogP contribution >= 0.6 is 0 Å². The van der Waals surface area contributed by atoms with E-state index in [0.29, 0.717) is 0 Å². The molecule has 7 aromatic carbocycles. The molecule has 0 aliphatic rings. The van der Waals surface area contributed by atoms with Gasteiger partial charge in [-0.05, 0) is 87.7 Å². The fraction of sp³-hybridized carbons (Fsp3) is 0.170. The van der Waals surface area contributed by atoms with Crippen LogP contribution in [0.4, 0.5) is 0 Å². The SMILES string of the molecule is C.C.C=C.C=C(C)c1ccccc1.C=C(C)c1ccccc1.CC.CCc1ccc(-c2c3ccccc3c(-c3cccc(C)c3)c3ccccc23)cc1. The van der Waals surface area contributed by atoms with Gasteiger partial charge >= 0.3 is 0 Å². The topological polar surface area (TPSA) is 0 Å². The quantitative estimate of drug-likeness (QED) is 0.124. The fourth-order valence-electron chi connectivity index (χ4n) is 5.90. The Bertz CT molecular complexity index is 2010. The van der Waals surface area contributed by atoms with Gasteiger partial charge in [-0.25, -0.2) is 0 Å². The van der Waals surface area contributed by atoms with Gasteiger partial charge in [0.2, 0.25) is 0 Å². The van der Waals surface area contributed by atoms with Crippen LogP contribution in [-0.4, -0.2) is 0 Å². The van der Waals surface area contributed by atoms with Gasteiger partial charge in [-0.1, -0.05) is 223 Å². The lowest BCUT2D eigenvalue weighted by molar-refractivity contribution is 1.14. The summed E-state index contributed by atoms with van der Waals surface area (Å²) < 4.78 is 0. The molecule has 0 bridgehead atoms. The van der Waals surface area contributed by atoms with E-state index in [0.717, 1.165) is 17.6 Å². The lowest BCUT2D eigenvalue weighted by Gasteiger charge is -2.18. The molecule has 0 spiro atoms. The first-order valence-electron chi connectivity index (χ1n) is 17.9. The predicted molar refractivity (Wildman–Crippen MR) is 245 cm³/mol. The van der Waals surface area contributed by atoms with Gasteiger partial charge in [0.25, 0.3) is 0 Å². The number of hydrogen-bond donors (Lipinski definition) is 0. The molecule has 7 rings (SSSR count). The van der Waals surface area contributed by atoms with Crippen LogP contribution in [0.5, 0.6) is 0 Å². The summed E-state index contributed by atoms with van der Waals surface area (Å²) in [5, 5.41) is 5.25. The lowest BCUT2D eigenvalue weighted by Crippen LogP contribution is -1.91. The molecule has 0 aliphatic carbocycles. The van der Waals surface area contributed by atoms with Crippen molar-refractivity contribution in [3.05, 3.63) is 206 Å². The summed E-state index contributed by atoms with van der Waals surface area (Å²) >= 11 is 0. The van der Waals surface area contributed by atoms with E-state index >= 15 is 0 Å². The molecule has 0 heteroatoms. The predicted octanol–water partition coefficient (Wildman–Crippen LogP) is 16.7.